The molecular formula is C15H22N4O. The minimum Gasteiger partial charge on any atom is -0.497 e. The van der Waals surface area contributed by atoms with Crippen molar-refractivity contribution >= 4 is 0 Å². The predicted octanol–water partition coefficient (Wildman–Crippen LogP) is 1.97. The molecule has 0 aliphatic carbocycles. The Morgan fingerprint density at radius 3 is 2.85 bits per heavy atom. The number of aromatic nitrogens is 2. The van der Waals surface area contributed by atoms with E-state index in [0.29, 0.717) is 0 Å². The molecule has 1 atom stereocenters. The summed E-state index contributed by atoms with van der Waals surface area (Å²) >= 11 is 0. The maximum Gasteiger partial charge on any atom is 0.119 e. The SMILES string of the molecule is CCn1nc(C)cc1CC(NN)c1cccc(OC)c1. The first-order valence-corrected chi connectivity index (χ1v) is 6.81. The average molecular weight is 274 g/mol. The fraction of sp³-hybridized carbons (Fsp3) is 0.400. The fourth-order valence-corrected chi connectivity index (χ4v) is 2.38. The van der Waals surface area contributed by atoms with Crippen LogP contribution in [0.2, 0.25) is 0 Å². The summed E-state index contributed by atoms with van der Waals surface area (Å²) in [5, 5.41) is 4.47. The molecule has 1 aromatic carbocycles. The van der Waals surface area contributed by atoms with Crippen LogP contribution in [-0.4, -0.2) is 16.9 Å². The highest BCUT2D eigenvalue weighted by atomic mass is 16.5. The lowest BCUT2D eigenvalue weighted by Crippen LogP contribution is -2.30. The van der Waals surface area contributed by atoms with Gasteiger partial charge in [-0.05, 0) is 37.6 Å². The van der Waals surface area contributed by atoms with Crippen LogP contribution in [-0.2, 0) is 13.0 Å². The highest BCUT2D eigenvalue weighted by Gasteiger charge is 2.14. The molecule has 0 amide bonds. The van der Waals surface area contributed by atoms with Crippen LogP contribution < -0.4 is 16.0 Å². The maximum absolute atomic E-state index is 5.72. The third-order valence-corrected chi connectivity index (χ3v) is 3.40. The molecule has 2 aromatic rings. The van der Waals surface area contributed by atoms with Crippen molar-refractivity contribution in [1.29, 1.82) is 0 Å². The number of nitrogens with two attached hydrogens (primary N) is 1. The number of aryl methyl sites for hydroxylation is 2. The molecule has 0 saturated heterocycles. The molecule has 0 spiro atoms. The van der Waals surface area contributed by atoms with Crippen LogP contribution in [0.15, 0.2) is 30.3 Å². The van der Waals surface area contributed by atoms with Crippen molar-refractivity contribution in [3.8, 4) is 5.75 Å². The minimum atomic E-state index is 0.0338. The van der Waals surface area contributed by atoms with Gasteiger partial charge in [0.25, 0.3) is 0 Å². The van der Waals surface area contributed by atoms with Crippen molar-refractivity contribution in [1.82, 2.24) is 15.2 Å². The summed E-state index contributed by atoms with van der Waals surface area (Å²) in [5.41, 5.74) is 6.19. The van der Waals surface area contributed by atoms with E-state index in [-0.39, 0.29) is 6.04 Å². The van der Waals surface area contributed by atoms with Crippen LogP contribution in [0, 0.1) is 6.92 Å². The highest BCUT2D eigenvalue weighted by Crippen LogP contribution is 2.22. The molecule has 5 nitrogen and oxygen atoms in total. The Kier molecular flexibility index (Phi) is 4.76. The van der Waals surface area contributed by atoms with Crippen molar-refractivity contribution in [3.05, 3.63) is 47.3 Å². The van der Waals surface area contributed by atoms with Gasteiger partial charge in [0.2, 0.25) is 0 Å². The van der Waals surface area contributed by atoms with E-state index in [2.05, 4.69) is 23.5 Å². The molecular weight excluding hydrogens is 252 g/mol. The number of hydrogen-bond donors (Lipinski definition) is 2. The molecule has 0 bridgehead atoms. The summed E-state index contributed by atoms with van der Waals surface area (Å²) in [6, 6.07) is 10.1. The molecule has 0 aliphatic rings. The number of rotatable bonds is 6. The van der Waals surface area contributed by atoms with E-state index < -0.39 is 0 Å². The summed E-state index contributed by atoms with van der Waals surface area (Å²) < 4.78 is 7.28. The first-order chi connectivity index (χ1) is 9.67. The molecule has 20 heavy (non-hydrogen) atoms. The second kappa shape index (κ2) is 6.54. The molecule has 0 fully saturated rings. The number of hydrogen-bond acceptors (Lipinski definition) is 4. The number of methoxy groups -OCH3 is 1. The Hall–Kier alpha value is -1.85. The Morgan fingerprint density at radius 2 is 2.20 bits per heavy atom. The van der Waals surface area contributed by atoms with Crippen LogP contribution in [0.4, 0.5) is 0 Å². The Bertz CT molecular complexity index is 565. The van der Waals surface area contributed by atoms with Crippen LogP contribution in [0.5, 0.6) is 5.75 Å². The first kappa shape index (κ1) is 14.6. The second-order valence-corrected chi connectivity index (χ2v) is 4.79. The van der Waals surface area contributed by atoms with E-state index >= 15 is 0 Å². The third kappa shape index (κ3) is 3.18. The van der Waals surface area contributed by atoms with Gasteiger partial charge >= 0.3 is 0 Å². The molecule has 5 heteroatoms. The van der Waals surface area contributed by atoms with Crippen molar-refractivity contribution in [2.75, 3.05) is 7.11 Å². The van der Waals surface area contributed by atoms with E-state index in [1.807, 2.05) is 35.9 Å². The van der Waals surface area contributed by atoms with Gasteiger partial charge in [-0.3, -0.25) is 16.0 Å². The monoisotopic (exact) mass is 274 g/mol. The Balaban J connectivity index is 2.23. The average Bonchev–Trinajstić information content (AvgIpc) is 2.84. The van der Waals surface area contributed by atoms with Crippen molar-refractivity contribution in [3.63, 3.8) is 0 Å². The van der Waals surface area contributed by atoms with Crippen LogP contribution >= 0.6 is 0 Å². The number of benzene rings is 1. The number of nitrogens with zero attached hydrogens (tertiary/aromatic N) is 2. The van der Waals surface area contributed by atoms with Crippen molar-refractivity contribution in [2.45, 2.75) is 32.9 Å². The van der Waals surface area contributed by atoms with Gasteiger partial charge in [0, 0.05) is 18.7 Å². The summed E-state index contributed by atoms with van der Waals surface area (Å²) in [4.78, 5) is 0. The lowest BCUT2D eigenvalue weighted by atomic mass is 10.0. The van der Waals surface area contributed by atoms with Gasteiger partial charge in [0.15, 0.2) is 0 Å². The van der Waals surface area contributed by atoms with E-state index in [1.54, 1.807) is 7.11 Å². The largest absolute Gasteiger partial charge is 0.497 e. The molecule has 0 radical (unpaired) electrons. The van der Waals surface area contributed by atoms with Gasteiger partial charge in [-0.1, -0.05) is 12.1 Å². The van der Waals surface area contributed by atoms with Crippen molar-refractivity contribution in [2.24, 2.45) is 5.84 Å². The van der Waals surface area contributed by atoms with Gasteiger partial charge in [-0.2, -0.15) is 5.10 Å². The molecule has 1 aromatic heterocycles. The van der Waals surface area contributed by atoms with Gasteiger partial charge in [-0.15, -0.1) is 0 Å². The van der Waals surface area contributed by atoms with E-state index in [1.165, 1.54) is 5.69 Å². The third-order valence-electron chi connectivity index (χ3n) is 3.40. The molecule has 108 valence electrons. The zero-order valence-electron chi connectivity index (χ0n) is 12.3. The van der Waals surface area contributed by atoms with Crippen molar-refractivity contribution < 1.29 is 4.74 Å². The van der Waals surface area contributed by atoms with E-state index in [9.17, 15) is 0 Å². The summed E-state index contributed by atoms with van der Waals surface area (Å²) in [6.07, 6.45) is 0.790. The molecule has 2 rings (SSSR count). The molecule has 3 N–H and O–H groups in total. The Labute approximate surface area is 119 Å². The molecule has 1 unspecified atom stereocenters. The summed E-state index contributed by atoms with van der Waals surface area (Å²) in [5.74, 6) is 6.56. The zero-order valence-corrected chi connectivity index (χ0v) is 12.3. The van der Waals surface area contributed by atoms with E-state index in [4.69, 9.17) is 10.6 Å². The molecule has 0 saturated carbocycles. The molecule has 1 heterocycles. The lowest BCUT2D eigenvalue weighted by molar-refractivity contribution is 0.412. The van der Waals surface area contributed by atoms with Gasteiger partial charge in [-0.25, -0.2) is 0 Å². The van der Waals surface area contributed by atoms with E-state index in [0.717, 1.165) is 30.0 Å². The Morgan fingerprint density at radius 1 is 1.40 bits per heavy atom. The van der Waals surface area contributed by atoms with Crippen LogP contribution in [0.3, 0.4) is 0 Å². The fourth-order valence-electron chi connectivity index (χ4n) is 2.38. The number of hydrazine groups is 1. The molecule has 0 aliphatic heterocycles. The maximum atomic E-state index is 5.72. The summed E-state index contributed by atoms with van der Waals surface area (Å²) in [7, 11) is 1.67. The second-order valence-electron chi connectivity index (χ2n) is 4.79. The zero-order chi connectivity index (χ0) is 14.5. The first-order valence-electron chi connectivity index (χ1n) is 6.81. The van der Waals surface area contributed by atoms with Crippen LogP contribution in [0.25, 0.3) is 0 Å². The number of nitrogens with one attached hydrogen (secondary N) is 1. The summed E-state index contributed by atoms with van der Waals surface area (Å²) in [6.45, 7) is 4.96. The van der Waals surface area contributed by atoms with Gasteiger partial charge < -0.3 is 4.74 Å². The topological polar surface area (TPSA) is 65.1 Å². The number of ether oxygens (including phenoxy) is 1. The normalized spacial score (nSPS) is 12.4. The quantitative estimate of drug-likeness (QED) is 0.624. The smallest absolute Gasteiger partial charge is 0.119 e. The highest BCUT2D eigenvalue weighted by molar-refractivity contribution is 5.31. The lowest BCUT2D eigenvalue weighted by Gasteiger charge is -2.17. The van der Waals surface area contributed by atoms with Gasteiger partial charge in [0.05, 0.1) is 18.8 Å². The van der Waals surface area contributed by atoms with Crippen LogP contribution in [0.1, 0.15) is 29.9 Å². The predicted molar refractivity (Wildman–Crippen MR) is 79.4 cm³/mol. The standard InChI is InChI=1S/C15H22N4O/c1-4-19-13(8-11(2)18-19)10-15(17-16)12-6-5-7-14(9-12)20-3/h5-9,15,17H,4,10,16H2,1-3H3. The minimum absolute atomic E-state index is 0.0338. The van der Waals surface area contributed by atoms with Gasteiger partial charge in [0.1, 0.15) is 5.75 Å².